The van der Waals surface area contributed by atoms with Crippen LogP contribution in [0.15, 0.2) is 20.5 Å². The monoisotopic (exact) mass is 337 g/mol. The fourth-order valence-corrected chi connectivity index (χ4v) is 2.91. The predicted molar refractivity (Wildman–Crippen MR) is 58.8 cm³/mol. The van der Waals surface area contributed by atoms with E-state index in [1.807, 2.05) is 0 Å². The zero-order chi connectivity index (χ0) is 10.4. The number of hydrogen-bond acceptors (Lipinski definition) is 0. The molecule has 0 aromatic rings. The third-order valence-electron chi connectivity index (χ3n) is 2.84. The zero-order valence-electron chi connectivity index (χ0n) is 10.3. The second-order valence-corrected chi connectivity index (χ2v) is 5.76. The summed E-state index contributed by atoms with van der Waals surface area (Å²) in [7, 11) is 0. The van der Waals surface area contributed by atoms with Crippen LogP contribution in [0.1, 0.15) is 58.8 Å². The van der Waals surface area contributed by atoms with E-state index in [2.05, 4.69) is 19.9 Å². The SMILES string of the molecule is CCCCC1=C(CCCC)C[C]([Zr+2])=C1.[Cl-].[Cl-]. The normalized spacial score (nSPS) is 14.4. The van der Waals surface area contributed by atoms with Gasteiger partial charge in [-0.3, -0.25) is 0 Å². The first-order valence-corrected chi connectivity index (χ1v) is 7.13. The molecule has 0 aliphatic heterocycles. The Morgan fingerprint density at radius 1 is 1.06 bits per heavy atom. The first-order chi connectivity index (χ1) is 6.77. The van der Waals surface area contributed by atoms with Gasteiger partial charge in [-0.1, -0.05) is 0 Å². The summed E-state index contributed by atoms with van der Waals surface area (Å²) in [6, 6.07) is 0. The third kappa shape index (κ3) is 6.62. The van der Waals surface area contributed by atoms with E-state index in [0.29, 0.717) is 0 Å². The predicted octanol–water partition coefficient (Wildman–Crippen LogP) is -1.49. The molecule has 0 fully saturated rings. The van der Waals surface area contributed by atoms with Gasteiger partial charge in [-0.25, -0.2) is 0 Å². The number of halogens is 2. The standard InChI is InChI=1S/C13H21.2ClH.Zr/c1-3-5-8-12-10-7-11-13(12)9-6-4-2;;;/h10H,3-6,8-9,11H2,1-2H3;2*1H;/q;;;+2/p-2. The van der Waals surface area contributed by atoms with Crippen molar-refractivity contribution in [2.75, 3.05) is 0 Å². The fourth-order valence-electron chi connectivity index (χ4n) is 1.96. The van der Waals surface area contributed by atoms with Crippen LogP contribution < -0.4 is 24.8 Å². The molecule has 16 heavy (non-hydrogen) atoms. The minimum atomic E-state index is 0. The van der Waals surface area contributed by atoms with Crippen molar-refractivity contribution in [2.45, 2.75) is 58.8 Å². The molecule has 1 rings (SSSR count). The summed E-state index contributed by atoms with van der Waals surface area (Å²) in [5.41, 5.74) is 3.44. The van der Waals surface area contributed by atoms with E-state index in [1.165, 1.54) is 44.9 Å². The molecule has 0 aromatic carbocycles. The summed E-state index contributed by atoms with van der Waals surface area (Å²) in [4.78, 5) is 0. The van der Waals surface area contributed by atoms with Gasteiger partial charge in [0.05, 0.1) is 0 Å². The number of hydrogen-bond donors (Lipinski definition) is 0. The molecule has 0 heterocycles. The van der Waals surface area contributed by atoms with Crippen LogP contribution in [0, 0.1) is 0 Å². The Kier molecular flexibility index (Phi) is 13.3. The van der Waals surface area contributed by atoms with Crippen molar-refractivity contribution >= 4 is 0 Å². The molecule has 1 aliphatic rings. The summed E-state index contributed by atoms with van der Waals surface area (Å²) in [6.07, 6.45) is 11.8. The first-order valence-electron chi connectivity index (χ1n) is 5.91. The van der Waals surface area contributed by atoms with Crippen LogP contribution >= 0.6 is 0 Å². The van der Waals surface area contributed by atoms with Crippen molar-refractivity contribution in [2.24, 2.45) is 0 Å². The van der Waals surface area contributed by atoms with Crippen molar-refractivity contribution in [3.63, 3.8) is 0 Å². The van der Waals surface area contributed by atoms with Gasteiger partial charge in [-0.2, -0.15) is 0 Å². The summed E-state index contributed by atoms with van der Waals surface area (Å²) in [5.74, 6) is 0. The van der Waals surface area contributed by atoms with E-state index in [4.69, 9.17) is 0 Å². The summed E-state index contributed by atoms with van der Waals surface area (Å²) in [6.45, 7) is 4.57. The molecule has 0 atom stereocenters. The average molecular weight is 339 g/mol. The Balaban J connectivity index is 0. The molecule has 0 aromatic heterocycles. The van der Waals surface area contributed by atoms with E-state index in [0.717, 1.165) is 0 Å². The van der Waals surface area contributed by atoms with Crippen LogP contribution in [-0.2, 0) is 24.7 Å². The summed E-state index contributed by atoms with van der Waals surface area (Å²) in [5, 5.41) is 0. The van der Waals surface area contributed by atoms with Gasteiger partial charge in [-0.15, -0.1) is 0 Å². The second kappa shape index (κ2) is 11.1. The van der Waals surface area contributed by atoms with E-state index >= 15 is 0 Å². The molecule has 0 spiro atoms. The molecule has 0 bridgehead atoms. The van der Waals surface area contributed by atoms with Gasteiger partial charge < -0.3 is 24.8 Å². The average Bonchev–Trinajstić information content (AvgIpc) is 2.52. The van der Waals surface area contributed by atoms with Crippen molar-refractivity contribution in [1.82, 2.24) is 0 Å². The molecule has 0 radical (unpaired) electrons. The van der Waals surface area contributed by atoms with Gasteiger partial charge in [0, 0.05) is 0 Å². The quantitative estimate of drug-likeness (QED) is 0.553. The van der Waals surface area contributed by atoms with E-state index in [9.17, 15) is 0 Å². The topological polar surface area (TPSA) is 0 Å². The Bertz CT molecular complexity index is 244. The van der Waals surface area contributed by atoms with Gasteiger partial charge in [0.1, 0.15) is 0 Å². The summed E-state index contributed by atoms with van der Waals surface area (Å²) < 4.78 is 1.66. The smallest absolute Gasteiger partial charge is 1.00 e. The maximum absolute atomic E-state index is 2.47. The molecular formula is C13H21Cl2Zr. The van der Waals surface area contributed by atoms with E-state index in [-0.39, 0.29) is 24.8 Å². The van der Waals surface area contributed by atoms with Gasteiger partial charge in [0.2, 0.25) is 0 Å². The second-order valence-electron chi connectivity index (χ2n) is 4.18. The fraction of sp³-hybridized carbons (Fsp3) is 0.692. The molecule has 0 saturated carbocycles. The maximum atomic E-state index is 2.47. The molecule has 1 aliphatic carbocycles. The molecule has 0 N–H and O–H groups in total. The van der Waals surface area contributed by atoms with Gasteiger partial charge in [0.25, 0.3) is 0 Å². The van der Waals surface area contributed by atoms with Crippen molar-refractivity contribution < 1.29 is 49.5 Å². The molecule has 0 nitrogen and oxygen atoms in total. The van der Waals surface area contributed by atoms with Gasteiger partial charge >= 0.3 is 104 Å². The molecule has 0 saturated heterocycles. The van der Waals surface area contributed by atoms with E-state index in [1.54, 1.807) is 39.1 Å². The third-order valence-corrected chi connectivity index (χ3v) is 3.63. The Morgan fingerprint density at radius 2 is 1.62 bits per heavy atom. The first kappa shape index (κ1) is 19.3. The van der Waals surface area contributed by atoms with Gasteiger partial charge in [0.15, 0.2) is 0 Å². The number of unbranched alkanes of at least 4 members (excludes halogenated alkanes) is 2. The van der Waals surface area contributed by atoms with Crippen LogP contribution in [0.2, 0.25) is 0 Å². The molecule has 0 unspecified atom stereocenters. The van der Waals surface area contributed by atoms with Crippen LogP contribution in [0.25, 0.3) is 0 Å². The Morgan fingerprint density at radius 3 is 2.19 bits per heavy atom. The zero-order valence-corrected chi connectivity index (χ0v) is 14.3. The number of rotatable bonds is 6. The Labute approximate surface area is 128 Å². The molecule has 3 heteroatoms. The molecule has 0 amide bonds. The van der Waals surface area contributed by atoms with Crippen molar-refractivity contribution in [1.29, 1.82) is 0 Å². The van der Waals surface area contributed by atoms with E-state index < -0.39 is 0 Å². The maximum Gasteiger partial charge on any atom is -1.00 e. The van der Waals surface area contributed by atoms with Crippen LogP contribution in [0.4, 0.5) is 0 Å². The minimum absolute atomic E-state index is 0. The van der Waals surface area contributed by atoms with Crippen LogP contribution in [-0.4, -0.2) is 0 Å². The summed E-state index contributed by atoms with van der Waals surface area (Å²) >= 11 is 1.62. The van der Waals surface area contributed by atoms with Crippen molar-refractivity contribution in [3.05, 3.63) is 20.5 Å². The van der Waals surface area contributed by atoms with Gasteiger partial charge in [-0.05, 0) is 0 Å². The van der Waals surface area contributed by atoms with Crippen LogP contribution in [0.3, 0.4) is 0 Å². The largest absolute Gasteiger partial charge is 1.00 e. The molecular weight excluding hydrogens is 318 g/mol. The minimum Gasteiger partial charge on any atom is -1.00 e. The van der Waals surface area contributed by atoms with Crippen molar-refractivity contribution in [3.8, 4) is 0 Å². The molecule has 91 valence electrons. The Hall–Kier alpha value is 0.943. The number of allylic oxidation sites excluding steroid dienone is 4. The van der Waals surface area contributed by atoms with Crippen LogP contribution in [0.5, 0.6) is 0 Å².